The third-order valence-corrected chi connectivity index (χ3v) is 3.93. The molecule has 1 fully saturated rings. The lowest BCUT2D eigenvalue weighted by Gasteiger charge is -2.25. The number of benzene rings is 2. The van der Waals surface area contributed by atoms with Crippen LogP contribution in [0.1, 0.15) is 30.0 Å². The maximum atomic E-state index is 13.4. The lowest BCUT2D eigenvalue weighted by molar-refractivity contribution is 0.248. The Morgan fingerprint density at radius 3 is 2.71 bits per heavy atom. The molecule has 1 unspecified atom stereocenters. The summed E-state index contributed by atoms with van der Waals surface area (Å²) in [5, 5.41) is 0. The molecule has 1 saturated heterocycles. The zero-order valence-electron chi connectivity index (χ0n) is 11.8. The van der Waals surface area contributed by atoms with Gasteiger partial charge in [-0.1, -0.05) is 24.3 Å². The van der Waals surface area contributed by atoms with Gasteiger partial charge >= 0.3 is 0 Å². The summed E-state index contributed by atoms with van der Waals surface area (Å²) < 4.78 is 13.4. The molecule has 4 heteroatoms. The van der Waals surface area contributed by atoms with Crippen LogP contribution in [0.15, 0.2) is 48.5 Å². The van der Waals surface area contributed by atoms with E-state index in [1.54, 1.807) is 12.1 Å². The molecule has 0 amide bonds. The van der Waals surface area contributed by atoms with Crippen molar-refractivity contribution in [1.82, 2.24) is 4.90 Å². The van der Waals surface area contributed by atoms with Gasteiger partial charge in [0.25, 0.3) is 0 Å². The minimum atomic E-state index is -0.154. The van der Waals surface area contributed by atoms with Gasteiger partial charge in [-0.25, -0.2) is 4.39 Å². The van der Waals surface area contributed by atoms with E-state index < -0.39 is 0 Å². The van der Waals surface area contributed by atoms with Crippen LogP contribution in [0.25, 0.3) is 0 Å². The van der Waals surface area contributed by atoms with Gasteiger partial charge in [0.15, 0.2) is 0 Å². The fourth-order valence-corrected chi connectivity index (χ4v) is 3.03. The van der Waals surface area contributed by atoms with Crippen LogP contribution in [0.2, 0.25) is 0 Å². The Bertz CT molecular complexity index is 603. The summed E-state index contributed by atoms with van der Waals surface area (Å²) in [6.45, 7) is 1.92. The molecular weight excluding hydrogens is 287 g/mol. The van der Waals surface area contributed by atoms with Crippen LogP contribution in [-0.2, 0) is 6.54 Å². The fourth-order valence-electron chi connectivity index (χ4n) is 3.03. The molecule has 0 aromatic heterocycles. The average molecular weight is 307 g/mol. The second-order valence-corrected chi connectivity index (χ2v) is 5.43. The fraction of sp³-hybridized carbons (Fsp3) is 0.294. The van der Waals surface area contributed by atoms with Crippen LogP contribution >= 0.6 is 12.4 Å². The molecule has 1 aliphatic rings. The molecule has 1 aliphatic heterocycles. The number of likely N-dealkylation sites (tertiary alicyclic amines) is 1. The number of hydrogen-bond donors (Lipinski definition) is 1. The number of rotatable bonds is 3. The minimum Gasteiger partial charge on any atom is -0.399 e. The molecule has 0 bridgehead atoms. The van der Waals surface area contributed by atoms with Crippen LogP contribution in [0.3, 0.4) is 0 Å². The van der Waals surface area contributed by atoms with Crippen molar-refractivity contribution in [2.75, 3.05) is 12.3 Å². The second kappa shape index (κ2) is 6.92. The number of anilines is 1. The van der Waals surface area contributed by atoms with E-state index >= 15 is 0 Å². The van der Waals surface area contributed by atoms with Gasteiger partial charge in [0.05, 0.1) is 0 Å². The zero-order chi connectivity index (χ0) is 13.9. The molecule has 2 aromatic rings. The monoisotopic (exact) mass is 306 g/mol. The van der Waals surface area contributed by atoms with E-state index in [4.69, 9.17) is 5.73 Å². The highest BCUT2D eigenvalue weighted by Gasteiger charge is 2.26. The first-order valence-corrected chi connectivity index (χ1v) is 7.06. The summed E-state index contributed by atoms with van der Waals surface area (Å²) in [5.41, 5.74) is 8.92. The molecule has 0 radical (unpaired) electrons. The Labute approximate surface area is 131 Å². The molecule has 3 rings (SSSR count). The van der Waals surface area contributed by atoms with Crippen molar-refractivity contribution in [1.29, 1.82) is 0 Å². The molecule has 0 saturated carbocycles. The topological polar surface area (TPSA) is 29.3 Å². The average Bonchev–Trinajstić information content (AvgIpc) is 2.87. The van der Waals surface area contributed by atoms with Crippen molar-refractivity contribution in [3.63, 3.8) is 0 Å². The van der Waals surface area contributed by atoms with E-state index in [9.17, 15) is 4.39 Å². The molecule has 0 aliphatic carbocycles. The maximum absolute atomic E-state index is 13.4. The Morgan fingerprint density at radius 2 is 1.95 bits per heavy atom. The molecule has 2 nitrogen and oxygen atoms in total. The van der Waals surface area contributed by atoms with E-state index in [1.807, 2.05) is 24.3 Å². The van der Waals surface area contributed by atoms with E-state index in [2.05, 4.69) is 11.0 Å². The smallest absolute Gasteiger partial charge is 0.123 e. The van der Waals surface area contributed by atoms with Gasteiger partial charge in [-0.3, -0.25) is 4.90 Å². The van der Waals surface area contributed by atoms with Gasteiger partial charge in [-0.05, 0) is 54.8 Å². The summed E-state index contributed by atoms with van der Waals surface area (Å²) in [7, 11) is 0. The van der Waals surface area contributed by atoms with Crippen LogP contribution in [0.4, 0.5) is 10.1 Å². The quantitative estimate of drug-likeness (QED) is 0.863. The Morgan fingerprint density at radius 1 is 1.14 bits per heavy atom. The minimum absolute atomic E-state index is 0. The van der Waals surface area contributed by atoms with Crippen molar-refractivity contribution < 1.29 is 4.39 Å². The number of nitrogens with two attached hydrogens (primary N) is 1. The van der Waals surface area contributed by atoms with Crippen LogP contribution in [0, 0.1) is 5.82 Å². The number of nitrogen functional groups attached to an aromatic ring is 1. The first-order valence-electron chi connectivity index (χ1n) is 7.06. The molecule has 112 valence electrons. The van der Waals surface area contributed by atoms with E-state index in [1.165, 1.54) is 11.6 Å². The molecule has 2 N–H and O–H groups in total. The Balaban J connectivity index is 0.00000161. The van der Waals surface area contributed by atoms with Crippen molar-refractivity contribution >= 4 is 18.1 Å². The Kier molecular flexibility index (Phi) is 5.21. The van der Waals surface area contributed by atoms with Gasteiger partial charge in [-0.2, -0.15) is 0 Å². The van der Waals surface area contributed by atoms with Crippen molar-refractivity contribution in [3.8, 4) is 0 Å². The summed E-state index contributed by atoms with van der Waals surface area (Å²) in [6.07, 6.45) is 2.25. The molecule has 1 heterocycles. The summed E-state index contributed by atoms with van der Waals surface area (Å²) in [5.74, 6) is -0.154. The highest BCUT2D eigenvalue weighted by molar-refractivity contribution is 5.85. The predicted octanol–water partition coefficient (Wildman–Crippen LogP) is 4.17. The van der Waals surface area contributed by atoms with Crippen LogP contribution in [-0.4, -0.2) is 11.4 Å². The lowest BCUT2D eigenvalue weighted by atomic mass is 10.0. The van der Waals surface area contributed by atoms with Crippen molar-refractivity contribution in [3.05, 3.63) is 65.5 Å². The standard InChI is InChI=1S/C17H19FN2.ClH/c18-15-6-2-5-14(11-15)17-8-3-9-20(17)12-13-4-1-7-16(19)10-13;/h1-2,4-7,10-11,17H,3,8-9,12,19H2;1H. The number of hydrogen-bond acceptors (Lipinski definition) is 2. The predicted molar refractivity (Wildman–Crippen MR) is 86.9 cm³/mol. The summed E-state index contributed by atoms with van der Waals surface area (Å²) >= 11 is 0. The van der Waals surface area contributed by atoms with Crippen LogP contribution in [0.5, 0.6) is 0 Å². The van der Waals surface area contributed by atoms with Gasteiger partial charge < -0.3 is 5.73 Å². The zero-order valence-corrected chi connectivity index (χ0v) is 12.7. The molecule has 21 heavy (non-hydrogen) atoms. The summed E-state index contributed by atoms with van der Waals surface area (Å²) in [6, 6.07) is 15.3. The maximum Gasteiger partial charge on any atom is 0.123 e. The van der Waals surface area contributed by atoms with Gasteiger partial charge in [0, 0.05) is 18.3 Å². The van der Waals surface area contributed by atoms with Gasteiger partial charge in [0.1, 0.15) is 5.82 Å². The highest BCUT2D eigenvalue weighted by Crippen LogP contribution is 2.33. The molecular formula is C17H20ClFN2. The SMILES string of the molecule is Cl.Nc1cccc(CN2CCCC2c2cccc(F)c2)c1. The first-order chi connectivity index (χ1) is 9.72. The first kappa shape index (κ1) is 15.8. The van der Waals surface area contributed by atoms with E-state index in [0.717, 1.165) is 37.2 Å². The highest BCUT2D eigenvalue weighted by atomic mass is 35.5. The van der Waals surface area contributed by atoms with Crippen molar-refractivity contribution in [2.45, 2.75) is 25.4 Å². The van der Waals surface area contributed by atoms with E-state index in [-0.39, 0.29) is 18.2 Å². The Hall–Kier alpha value is -1.58. The largest absolute Gasteiger partial charge is 0.399 e. The molecule has 0 spiro atoms. The van der Waals surface area contributed by atoms with Crippen LogP contribution < -0.4 is 5.73 Å². The number of nitrogens with zero attached hydrogens (tertiary/aromatic N) is 1. The van der Waals surface area contributed by atoms with Gasteiger partial charge in [0.2, 0.25) is 0 Å². The normalized spacial score (nSPS) is 18.4. The summed E-state index contributed by atoms with van der Waals surface area (Å²) in [4.78, 5) is 2.41. The van der Waals surface area contributed by atoms with Gasteiger partial charge in [-0.15, -0.1) is 12.4 Å². The lowest BCUT2D eigenvalue weighted by Crippen LogP contribution is -2.22. The third kappa shape index (κ3) is 3.74. The third-order valence-electron chi connectivity index (χ3n) is 3.93. The second-order valence-electron chi connectivity index (χ2n) is 5.43. The van der Waals surface area contributed by atoms with Crippen molar-refractivity contribution in [2.24, 2.45) is 0 Å². The van der Waals surface area contributed by atoms with E-state index in [0.29, 0.717) is 6.04 Å². The molecule has 2 aromatic carbocycles. The molecule has 1 atom stereocenters. The number of halogens is 2.